The van der Waals surface area contributed by atoms with E-state index in [0.717, 1.165) is 26.1 Å². The number of halogens is 1. The fourth-order valence-corrected chi connectivity index (χ4v) is 1.72. The maximum Gasteiger partial charge on any atom is 0.307 e. The Morgan fingerprint density at radius 2 is 2.23 bits per heavy atom. The predicted octanol–water partition coefficient (Wildman–Crippen LogP) is 1.47. The lowest BCUT2D eigenvalue weighted by atomic mass is 10.1. The van der Waals surface area contributed by atoms with Crippen LogP contribution in [0.15, 0.2) is 0 Å². The third kappa shape index (κ3) is 3.96. The molecule has 1 unspecified atom stereocenters. The van der Waals surface area contributed by atoms with Crippen LogP contribution < -0.4 is 0 Å². The Hall–Kier alpha value is -0.280. The summed E-state index contributed by atoms with van der Waals surface area (Å²) in [5.41, 5.74) is 0. The molecule has 1 saturated heterocycles. The molecule has 1 aliphatic rings. The van der Waals surface area contributed by atoms with Gasteiger partial charge in [0.2, 0.25) is 0 Å². The summed E-state index contributed by atoms with van der Waals surface area (Å²) in [6.07, 6.45) is 0.821. The Bertz CT molecular complexity index is 173. The average Bonchev–Trinajstić information content (AvgIpc) is 2.34. The van der Waals surface area contributed by atoms with Crippen LogP contribution in [0.1, 0.15) is 20.3 Å². The van der Waals surface area contributed by atoms with Gasteiger partial charge in [-0.05, 0) is 18.9 Å². The first kappa shape index (κ1) is 12.7. The highest BCUT2D eigenvalue weighted by Gasteiger charge is 2.27. The largest absolute Gasteiger partial charge is 0.481 e. The molecule has 78 valence electrons. The van der Waals surface area contributed by atoms with Gasteiger partial charge in [0.25, 0.3) is 0 Å². The summed E-state index contributed by atoms with van der Waals surface area (Å²) in [5, 5.41) is 8.74. The van der Waals surface area contributed by atoms with Crippen LogP contribution in [0.4, 0.5) is 0 Å². The van der Waals surface area contributed by atoms with E-state index in [4.69, 9.17) is 5.11 Å². The molecule has 1 N–H and O–H groups in total. The summed E-state index contributed by atoms with van der Waals surface area (Å²) in [6, 6.07) is 0. The van der Waals surface area contributed by atoms with Gasteiger partial charge >= 0.3 is 5.97 Å². The molecule has 0 radical (unpaired) electrons. The van der Waals surface area contributed by atoms with Gasteiger partial charge in [0.1, 0.15) is 0 Å². The first-order chi connectivity index (χ1) is 5.59. The summed E-state index contributed by atoms with van der Waals surface area (Å²) < 4.78 is 0. The molecule has 0 aromatic carbocycles. The van der Waals surface area contributed by atoms with E-state index >= 15 is 0 Å². The minimum Gasteiger partial charge on any atom is -0.481 e. The fourth-order valence-electron chi connectivity index (χ4n) is 1.72. The summed E-state index contributed by atoms with van der Waals surface area (Å²) in [4.78, 5) is 12.8. The number of carboxylic acids is 1. The number of aliphatic carboxylic acids is 1. The van der Waals surface area contributed by atoms with Crippen LogP contribution in [0.3, 0.4) is 0 Å². The van der Waals surface area contributed by atoms with E-state index in [1.54, 1.807) is 0 Å². The molecule has 0 saturated carbocycles. The van der Waals surface area contributed by atoms with Crippen LogP contribution in [0.25, 0.3) is 0 Å². The van der Waals surface area contributed by atoms with Gasteiger partial charge in [-0.3, -0.25) is 4.79 Å². The lowest BCUT2D eigenvalue weighted by Crippen LogP contribution is -2.26. The molecular weight excluding hydrogens is 190 g/mol. The van der Waals surface area contributed by atoms with Gasteiger partial charge in [0.15, 0.2) is 0 Å². The Kier molecular flexibility index (Phi) is 5.33. The molecule has 1 fully saturated rings. The zero-order chi connectivity index (χ0) is 9.14. The van der Waals surface area contributed by atoms with Crippen molar-refractivity contribution in [2.75, 3.05) is 19.6 Å². The third-order valence-corrected chi connectivity index (χ3v) is 2.24. The van der Waals surface area contributed by atoms with Gasteiger partial charge in [0, 0.05) is 13.1 Å². The van der Waals surface area contributed by atoms with Crippen molar-refractivity contribution in [3.8, 4) is 0 Å². The van der Waals surface area contributed by atoms with Gasteiger partial charge in [-0.15, -0.1) is 12.4 Å². The Balaban J connectivity index is 0.00000144. The standard InChI is InChI=1S/C9H17NO2.ClH/c1-7(2)5-10-4-3-8(6-10)9(11)12;/h7-8H,3-6H2,1-2H3,(H,11,12);1H. The smallest absolute Gasteiger partial charge is 0.307 e. The molecule has 1 atom stereocenters. The van der Waals surface area contributed by atoms with E-state index in [0.29, 0.717) is 5.92 Å². The molecule has 13 heavy (non-hydrogen) atoms. The molecule has 1 heterocycles. The van der Waals surface area contributed by atoms with E-state index in [1.807, 2.05) is 0 Å². The second-order valence-corrected chi connectivity index (χ2v) is 3.98. The molecule has 0 aliphatic carbocycles. The van der Waals surface area contributed by atoms with E-state index < -0.39 is 5.97 Å². The number of carbonyl (C=O) groups is 1. The van der Waals surface area contributed by atoms with E-state index in [1.165, 1.54) is 0 Å². The topological polar surface area (TPSA) is 40.5 Å². The summed E-state index contributed by atoms with van der Waals surface area (Å²) >= 11 is 0. The first-order valence-electron chi connectivity index (χ1n) is 4.54. The van der Waals surface area contributed by atoms with Crippen molar-refractivity contribution in [2.24, 2.45) is 11.8 Å². The minimum absolute atomic E-state index is 0. The molecule has 0 bridgehead atoms. The van der Waals surface area contributed by atoms with Gasteiger partial charge in [-0.1, -0.05) is 13.8 Å². The van der Waals surface area contributed by atoms with Crippen molar-refractivity contribution in [2.45, 2.75) is 20.3 Å². The van der Waals surface area contributed by atoms with Gasteiger partial charge in [-0.25, -0.2) is 0 Å². The molecule has 0 aromatic rings. The monoisotopic (exact) mass is 207 g/mol. The van der Waals surface area contributed by atoms with Gasteiger partial charge in [-0.2, -0.15) is 0 Å². The molecule has 4 heteroatoms. The Morgan fingerprint density at radius 3 is 2.62 bits per heavy atom. The quantitative estimate of drug-likeness (QED) is 0.762. The van der Waals surface area contributed by atoms with E-state index in [-0.39, 0.29) is 18.3 Å². The maximum absolute atomic E-state index is 10.6. The summed E-state index contributed by atoms with van der Waals surface area (Å²) in [5.74, 6) is -0.123. The fraction of sp³-hybridized carbons (Fsp3) is 0.889. The molecular formula is C9H18ClNO2. The SMILES string of the molecule is CC(C)CN1CCC(C(=O)O)C1.Cl. The zero-order valence-corrected chi connectivity index (χ0v) is 9.01. The highest BCUT2D eigenvalue weighted by molar-refractivity contribution is 5.85. The number of nitrogens with zero attached hydrogens (tertiary/aromatic N) is 1. The number of carboxylic acid groups (broad SMARTS) is 1. The van der Waals surface area contributed by atoms with Crippen LogP contribution in [0.5, 0.6) is 0 Å². The highest BCUT2D eigenvalue weighted by atomic mass is 35.5. The van der Waals surface area contributed by atoms with Crippen molar-refractivity contribution >= 4 is 18.4 Å². The lowest BCUT2D eigenvalue weighted by molar-refractivity contribution is -0.141. The number of rotatable bonds is 3. The van der Waals surface area contributed by atoms with Crippen molar-refractivity contribution in [3.05, 3.63) is 0 Å². The van der Waals surface area contributed by atoms with Crippen LogP contribution in [0, 0.1) is 11.8 Å². The second-order valence-electron chi connectivity index (χ2n) is 3.98. The molecule has 1 aliphatic heterocycles. The highest BCUT2D eigenvalue weighted by Crippen LogP contribution is 2.17. The van der Waals surface area contributed by atoms with Crippen LogP contribution >= 0.6 is 12.4 Å². The van der Waals surface area contributed by atoms with Crippen molar-refractivity contribution in [1.82, 2.24) is 4.90 Å². The van der Waals surface area contributed by atoms with Crippen molar-refractivity contribution in [3.63, 3.8) is 0 Å². The molecule has 0 amide bonds. The second kappa shape index (κ2) is 5.45. The van der Waals surface area contributed by atoms with Gasteiger partial charge < -0.3 is 10.0 Å². The van der Waals surface area contributed by atoms with Crippen LogP contribution in [-0.2, 0) is 4.79 Å². The Labute approximate surface area is 85.5 Å². The number of hydrogen-bond acceptors (Lipinski definition) is 2. The average molecular weight is 208 g/mol. The first-order valence-corrected chi connectivity index (χ1v) is 4.54. The normalized spacial score (nSPS) is 23.2. The predicted molar refractivity (Wildman–Crippen MR) is 54.3 cm³/mol. The van der Waals surface area contributed by atoms with Crippen LogP contribution in [0.2, 0.25) is 0 Å². The zero-order valence-electron chi connectivity index (χ0n) is 8.19. The number of likely N-dealkylation sites (tertiary alicyclic amines) is 1. The third-order valence-electron chi connectivity index (χ3n) is 2.24. The minimum atomic E-state index is -0.638. The van der Waals surface area contributed by atoms with E-state index in [2.05, 4.69) is 18.7 Å². The lowest BCUT2D eigenvalue weighted by Gasteiger charge is -2.17. The van der Waals surface area contributed by atoms with E-state index in [9.17, 15) is 4.79 Å². The van der Waals surface area contributed by atoms with Crippen LogP contribution in [-0.4, -0.2) is 35.6 Å². The van der Waals surface area contributed by atoms with Crippen molar-refractivity contribution < 1.29 is 9.90 Å². The molecule has 0 spiro atoms. The number of hydrogen-bond donors (Lipinski definition) is 1. The van der Waals surface area contributed by atoms with Crippen molar-refractivity contribution in [1.29, 1.82) is 0 Å². The Morgan fingerprint density at radius 1 is 1.62 bits per heavy atom. The maximum atomic E-state index is 10.6. The summed E-state index contributed by atoms with van der Waals surface area (Å²) in [6.45, 7) is 7.05. The molecule has 0 aromatic heterocycles. The summed E-state index contributed by atoms with van der Waals surface area (Å²) in [7, 11) is 0. The molecule has 3 nitrogen and oxygen atoms in total. The van der Waals surface area contributed by atoms with Gasteiger partial charge in [0.05, 0.1) is 5.92 Å². The molecule has 1 rings (SSSR count).